The molecule has 1 aromatic heterocycles. The molecule has 1 N–H and O–H groups in total. The van der Waals surface area contributed by atoms with E-state index in [4.69, 9.17) is 16.3 Å². The third-order valence-corrected chi connectivity index (χ3v) is 4.75. The second-order valence-corrected chi connectivity index (χ2v) is 6.65. The highest BCUT2D eigenvalue weighted by Gasteiger charge is 2.30. The molecule has 0 radical (unpaired) electrons. The molecule has 5 heteroatoms. The van der Waals surface area contributed by atoms with E-state index in [1.54, 1.807) is 11.3 Å². The topological polar surface area (TPSA) is 24.5 Å². The van der Waals surface area contributed by atoms with E-state index >= 15 is 0 Å². The maximum Gasteiger partial charge on any atom is 0.0931 e. The van der Waals surface area contributed by atoms with Crippen molar-refractivity contribution < 1.29 is 4.74 Å². The van der Waals surface area contributed by atoms with Crippen molar-refractivity contribution in [2.45, 2.75) is 32.0 Å². The molecule has 2 atom stereocenters. The molecule has 3 nitrogen and oxygen atoms in total. The molecule has 2 heterocycles. The van der Waals surface area contributed by atoms with Crippen LogP contribution in [0.4, 0.5) is 0 Å². The molecule has 1 aromatic rings. The van der Waals surface area contributed by atoms with Crippen LogP contribution in [-0.4, -0.2) is 43.8 Å². The summed E-state index contributed by atoms with van der Waals surface area (Å²) in [4.78, 5) is 3.71. The minimum absolute atomic E-state index is 0.195. The number of morpholine rings is 1. The van der Waals surface area contributed by atoms with Crippen molar-refractivity contribution in [2.24, 2.45) is 0 Å². The van der Waals surface area contributed by atoms with Gasteiger partial charge in [0, 0.05) is 24.0 Å². The van der Waals surface area contributed by atoms with Crippen molar-refractivity contribution in [3.05, 3.63) is 21.3 Å². The lowest BCUT2D eigenvalue weighted by Gasteiger charge is -2.38. The van der Waals surface area contributed by atoms with E-state index in [2.05, 4.69) is 30.1 Å². The molecule has 0 aromatic carbocycles. The number of ether oxygens (including phenoxy) is 1. The summed E-state index contributed by atoms with van der Waals surface area (Å²) in [5.74, 6) is 0. The van der Waals surface area contributed by atoms with Gasteiger partial charge in [-0.3, -0.25) is 4.90 Å². The minimum atomic E-state index is 0.195. The lowest BCUT2D eigenvalue weighted by Crippen LogP contribution is -2.49. The smallest absolute Gasteiger partial charge is 0.0931 e. The van der Waals surface area contributed by atoms with E-state index in [9.17, 15) is 0 Å². The number of rotatable bonds is 4. The fraction of sp³-hybridized carbons (Fsp3) is 0.692. The van der Waals surface area contributed by atoms with Gasteiger partial charge in [-0.15, -0.1) is 11.3 Å². The molecule has 1 saturated heterocycles. The second-order valence-electron chi connectivity index (χ2n) is 4.91. The molecule has 0 saturated carbocycles. The van der Waals surface area contributed by atoms with E-state index in [1.807, 2.05) is 13.1 Å². The fourth-order valence-electron chi connectivity index (χ4n) is 2.37. The molecule has 0 aliphatic carbocycles. The van der Waals surface area contributed by atoms with E-state index in [0.717, 1.165) is 24.0 Å². The molecule has 1 fully saturated rings. The number of likely N-dealkylation sites (N-methyl/N-ethyl adjacent to an activating group) is 1. The number of thiophene rings is 1. The molecule has 2 rings (SSSR count). The van der Waals surface area contributed by atoms with Crippen LogP contribution < -0.4 is 5.32 Å². The van der Waals surface area contributed by atoms with E-state index < -0.39 is 0 Å². The molecule has 18 heavy (non-hydrogen) atoms. The molecule has 102 valence electrons. The monoisotopic (exact) mass is 288 g/mol. The van der Waals surface area contributed by atoms with Gasteiger partial charge in [0.05, 0.1) is 23.1 Å². The van der Waals surface area contributed by atoms with Gasteiger partial charge in [-0.25, -0.2) is 0 Å². The van der Waals surface area contributed by atoms with E-state index in [0.29, 0.717) is 6.04 Å². The summed E-state index contributed by atoms with van der Waals surface area (Å²) in [6.45, 7) is 7.27. The number of halogens is 1. The molecule has 0 bridgehead atoms. The maximum absolute atomic E-state index is 6.02. The summed E-state index contributed by atoms with van der Waals surface area (Å²) in [6.07, 6.45) is 0.195. The van der Waals surface area contributed by atoms with Gasteiger partial charge in [0.25, 0.3) is 0 Å². The van der Waals surface area contributed by atoms with Crippen LogP contribution in [0.1, 0.15) is 24.8 Å². The van der Waals surface area contributed by atoms with Gasteiger partial charge >= 0.3 is 0 Å². The number of hydrogen-bond donors (Lipinski definition) is 1. The predicted molar refractivity (Wildman–Crippen MR) is 77.6 cm³/mol. The quantitative estimate of drug-likeness (QED) is 0.922. The van der Waals surface area contributed by atoms with E-state index in [-0.39, 0.29) is 12.1 Å². The van der Waals surface area contributed by atoms with E-state index in [1.165, 1.54) is 4.88 Å². The summed E-state index contributed by atoms with van der Waals surface area (Å²) < 4.78 is 6.77. The van der Waals surface area contributed by atoms with Crippen LogP contribution in [-0.2, 0) is 4.74 Å². The average molecular weight is 289 g/mol. The van der Waals surface area contributed by atoms with Crippen LogP contribution in [0.25, 0.3) is 0 Å². The highest BCUT2D eigenvalue weighted by Crippen LogP contribution is 2.31. The van der Waals surface area contributed by atoms with Crippen LogP contribution >= 0.6 is 22.9 Å². The van der Waals surface area contributed by atoms with Gasteiger partial charge in [0.15, 0.2) is 0 Å². The van der Waals surface area contributed by atoms with Crippen molar-refractivity contribution in [2.75, 3.05) is 26.7 Å². The van der Waals surface area contributed by atoms with Crippen LogP contribution in [0.2, 0.25) is 4.34 Å². The first-order valence-corrected chi connectivity index (χ1v) is 7.59. The van der Waals surface area contributed by atoms with Crippen LogP contribution in [0.5, 0.6) is 0 Å². The van der Waals surface area contributed by atoms with Crippen molar-refractivity contribution in [3.63, 3.8) is 0 Å². The Morgan fingerprint density at radius 2 is 2.28 bits per heavy atom. The largest absolute Gasteiger partial charge is 0.374 e. The van der Waals surface area contributed by atoms with Gasteiger partial charge in [0.1, 0.15) is 0 Å². The molecular weight excluding hydrogens is 268 g/mol. The molecule has 0 spiro atoms. The maximum atomic E-state index is 6.02. The Balaban J connectivity index is 2.08. The van der Waals surface area contributed by atoms with Gasteiger partial charge < -0.3 is 10.1 Å². The normalized spacial score (nSPS) is 23.5. The Hall–Kier alpha value is -0.130. The molecular formula is C13H21ClN2OS. The fourth-order valence-corrected chi connectivity index (χ4v) is 3.60. The molecule has 2 unspecified atom stereocenters. The summed E-state index contributed by atoms with van der Waals surface area (Å²) >= 11 is 7.65. The summed E-state index contributed by atoms with van der Waals surface area (Å²) in [5, 5.41) is 3.36. The Labute approximate surface area is 118 Å². The standard InChI is InChI=1S/C13H21ClN2OS/c1-9(2)16-6-7-17-10(8-16)13(15-3)11-4-5-12(14)18-11/h4-5,9-10,13,15H,6-8H2,1-3H3. The van der Waals surface area contributed by atoms with Gasteiger partial charge in [-0.1, -0.05) is 11.6 Å². The SMILES string of the molecule is CNC(c1ccc(Cl)s1)C1CN(C(C)C)CCO1. The van der Waals surface area contributed by atoms with Gasteiger partial charge in [-0.05, 0) is 33.0 Å². The minimum Gasteiger partial charge on any atom is -0.374 e. The van der Waals surface area contributed by atoms with Crippen molar-refractivity contribution in [3.8, 4) is 0 Å². The van der Waals surface area contributed by atoms with Crippen molar-refractivity contribution in [1.82, 2.24) is 10.2 Å². The summed E-state index contributed by atoms with van der Waals surface area (Å²) in [6, 6.07) is 4.84. The third-order valence-electron chi connectivity index (χ3n) is 3.44. The van der Waals surface area contributed by atoms with Gasteiger partial charge in [-0.2, -0.15) is 0 Å². The third kappa shape index (κ3) is 3.25. The average Bonchev–Trinajstić information content (AvgIpc) is 2.77. The van der Waals surface area contributed by atoms with Crippen LogP contribution in [0.15, 0.2) is 12.1 Å². The number of nitrogens with one attached hydrogen (secondary N) is 1. The van der Waals surface area contributed by atoms with Gasteiger partial charge in [0.2, 0.25) is 0 Å². The zero-order valence-corrected chi connectivity index (χ0v) is 12.7. The molecule has 1 aliphatic heterocycles. The summed E-state index contributed by atoms with van der Waals surface area (Å²) in [7, 11) is 1.98. The predicted octanol–water partition coefficient (Wildman–Crippen LogP) is 2.77. The lowest BCUT2D eigenvalue weighted by atomic mass is 10.1. The number of hydrogen-bond acceptors (Lipinski definition) is 4. The summed E-state index contributed by atoms with van der Waals surface area (Å²) in [5.41, 5.74) is 0. The molecule has 0 amide bonds. The molecule has 1 aliphatic rings. The Morgan fingerprint density at radius 1 is 1.50 bits per heavy atom. The number of nitrogens with zero attached hydrogens (tertiary/aromatic N) is 1. The Bertz CT molecular complexity index is 383. The highest BCUT2D eigenvalue weighted by molar-refractivity contribution is 7.16. The Morgan fingerprint density at radius 3 is 2.83 bits per heavy atom. The highest BCUT2D eigenvalue weighted by atomic mass is 35.5. The van der Waals surface area contributed by atoms with Crippen LogP contribution in [0, 0.1) is 0 Å². The first kappa shape index (κ1) is 14.3. The van der Waals surface area contributed by atoms with Crippen molar-refractivity contribution >= 4 is 22.9 Å². The first-order chi connectivity index (χ1) is 8.61. The van der Waals surface area contributed by atoms with Crippen molar-refractivity contribution in [1.29, 1.82) is 0 Å². The first-order valence-electron chi connectivity index (χ1n) is 6.40. The zero-order valence-electron chi connectivity index (χ0n) is 11.1. The lowest BCUT2D eigenvalue weighted by molar-refractivity contribution is -0.0545. The zero-order chi connectivity index (χ0) is 13.1. The van der Waals surface area contributed by atoms with Crippen LogP contribution in [0.3, 0.4) is 0 Å². The second kappa shape index (κ2) is 6.35. The Kier molecular flexibility index (Phi) is 5.04.